The van der Waals surface area contributed by atoms with Crippen molar-refractivity contribution in [3.05, 3.63) is 40.9 Å². The van der Waals surface area contributed by atoms with Crippen LogP contribution in [0.25, 0.3) is 0 Å². The zero-order valence-corrected chi connectivity index (χ0v) is 13.3. The zero-order chi connectivity index (χ0) is 16.1. The molecule has 0 unspecified atom stereocenters. The third kappa shape index (κ3) is 4.05. The second-order valence-electron chi connectivity index (χ2n) is 4.58. The second-order valence-corrected chi connectivity index (χ2v) is 5.61. The van der Waals surface area contributed by atoms with Crippen molar-refractivity contribution >= 4 is 28.3 Å². The molecule has 0 saturated heterocycles. The summed E-state index contributed by atoms with van der Waals surface area (Å²) in [4.78, 5) is 27.7. The summed E-state index contributed by atoms with van der Waals surface area (Å²) >= 11 is 1.05. The van der Waals surface area contributed by atoms with Crippen LogP contribution in [-0.2, 0) is 9.53 Å². The monoisotopic (exact) mass is 320 g/mol. The number of esters is 1. The lowest BCUT2D eigenvalue weighted by Gasteiger charge is -2.13. The third-order valence-electron chi connectivity index (χ3n) is 2.83. The van der Waals surface area contributed by atoms with E-state index in [9.17, 15) is 9.59 Å². The van der Waals surface area contributed by atoms with Gasteiger partial charge in [-0.15, -0.1) is 0 Å². The molecule has 0 aliphatic rings. The molecular formula is C15H16N2O4S. The average Bonchev–Trinajstić information content (AvgIpc) is 2.97. The van der Waals surface area contributed by atoms with Gasteiger partial charge in [0.05, 0.1) is 13.3 Å². The molecule has 1 N–H and O–H groups in total. The number of rotatable bonds is 5. The van der Waals surface area contributed by atoms with E-state index >= 15 is 0 Å². The van der Waals surface area contributed by atoms with Gasteiger partial charge in [-0.3, -0.25) is 10.1 Å². The number of benzene rings is 1. The normalized spacial score (nSPS) is 11.6. The Bertz CT molecular complexity index is 666. The van der Waals surface area contributed by atoms with E-state index in [2.05, 4.69) is 15.0 Å². The molecule has 0 radical (unpaired) electrons. The van der Waals surface area contributed by atoms with Gasteiger partial charge in [-0.05, 0) is 26.0 Å². The van der Waals surface area contributed by atoms with Gasteiger partial charge in [-0.2, -0.15) is 0 Å². The molecule has 0 fully saturated rings. The molecule has 0 aliphatic heterocycles. The van der Waals surface area contributed by atoms with E-state index in [1.54, 1.807) is 19.1 Å². The highest BCUT2D eigenvalue weighted by molar-refractivity contribution is 7.17. The molecular weight excluding hydrogens is 304 g/mol. The molecule has 1 aromatic heterocycles. The fourth-order valence-corrected chi connectivity index (χ4v) is 2.35. The summed E-state index contributed by atoms with van der Waals surface area (Å²) in [5.74, 6) is -0.212. The number of nitrogens with zero attached hydrogens (tertiary/aromatic N) is 1. The number of carbonyl (C=O) groups excluding carboxylic acids is 2. The second kappa shape index (κ2) is 7.04. The van der Waals surface area contributed by atoms with Gasteiger partial charge in [0.1, 0.15) is 10.6 Å². The average molecular weight is 320 g/mol. The first-order valence-corrected chi connectivity index (χ1v) is 7.39. The van der Waals surface area contributed by atoms with E-state index in [1.165, 1.54) is 13.3 Å². The van der Waals surface area contributed by atoms with Crippen LogP contribution >= 0.6 is 11.3 Å². The Kier molecular flexibility index (Phi) is 5.11. The van der Waals surface area contributed by atoms with Gasteiger partial charge in [0.25, 0.3) is 5.91 Å². The molecule has 0 saturated carbocycles. The van der Waals surface area contributed by atoms with Crippen molar-refractivity contribution in [2.75, 3.05) is 12.4 Å². The molecule has 116 valence electrons. The van der Waals surface area contributed by atoms with Crippen LogP contribution in [-0.4, -0.2) is 30.1 Å². The summed E-state index contributed by atoms with van der Waals surface area (Å²) in [5.41, 5.74) is 1.11. The molecule has 6 nitrogen and oxygen atoms in total. The number of amides is 1. The van der Waals surface area contributed by atoms with Crippen molar-refractivity contribution in [2.24, 2.45) is 0 Å². The lowest BCUT2D eigenvalue weighted by Crippen LogP contribution is -2.30. The van der Waals surface area contributed by atoms with Gasteiger partial charge < -0.3 is 9.47 Å². The first kappa shape index (κ1) is 16.0. The molecule has 22 heavy (non-hydrogen) atoms. The maximum absolute atomic E-state index is 12.0. The topological polar surface area (TPSA) is 77.5 Å². The largest absolute Gasteiger partial charge is 0.481 e. The fourth-order valence-electron chi connectivity index (χ4n) is 1.61. The van der Waals surface area contributed by atoms with Crippen molar-refractivity contribution < 1.29 is 19.1 Å². The number of aryl methyl sites for hydroxylation is 1. The molecule has 1 aromatic carbocycles. The summed E-state index contributed by atoms with van der Waals surface area (Å²) in [7, 11) is 1.29. The molecule has 0 bridgehead atoms. The maximum Gasteiger partial charge on any atom is 0.349 e. The lowest BCUT2D eigenvalue weighted by atomic mass is 10.2. The molecule has 0 aliphatic carbocycles. The van der Waals surface area contributed by atoms with E-state index in [1.807, 2.05) is 19.1 Å². The van der Waals surface area contributed by atoms with Crippen LogP contribution in [0.5, 0.6) is 5.75 Å². The summed E-state index contributed by atoms with van der Waals surface area (Å²) in [5, 5.41) is 2.93. The van der Waals surface area contributed by atoms with Crippen molar-refractivity contribution in [2.45, 2.75) is 20.0 Å². The van der Waals surface area contributed by atoms with Crippen molar-refractivity contribution in [3.63, 3.8) is 0 Å². The van der Waals surface area contributed by atoms with E-state index in [-0.39, 0.29) is 5.91 Å². The number of carbonyl (C=O) groups is 2. The smallest absolute Gasteiger partial charge is 0.349 e. The van der Waals surface area contributed by atoms with E-state index in [0.29, 0.717) is 15.8 Å². The predicted octanol–water partition coefficient (Wildman–Crippen LogP) is 2.64. The van der Waals surface area contributed by atoms with Crippen LogP contribution in [0.3, 0.4) is 0 Å². The number of thiazole rings is 1. The van der Waals surface area contributed by atoms with Crippen molar-refractivity contribution in [1.82, 2.24) is 4.98 Å². The Morgan fingerprint density at radius 1 is 1.27 bits per heavy atom. The first-order chi connectivity index (χ1) is 10.5. The fraction of sp³-hybridized carbons (Fsp3) is 0.267. The molecule has 1 amide bonds. The van der Waals surface area contributed by atoms with Gasteiger partial charge in [-0.25, -0.2) is 9.78 Å². The standard InChI is InChI=1S/C15H16N2O4S/c1-9-4-6-11(7-5-9)21-10(2)13(18)17-15-16-8-12(22-15)14(19)20-3/h4-8,10H,1-3H3,(H,16,17,18)/t10-/m0/s1. The van der Waals surface area contributed by atoms with Gasteiger partial charge in [0.2, 0.25) is 0 Å². The predicted molar refractivity (Wildman–Crippen MR) is 83.4 cm³/mol. The lowest BCUT2D eigenvalue weighted by molar-refractivity contribution is -0.122. The highest BCUT2D eigenvalue weighted by Crippen LogP contribution is 2.19. The van der Waals surface area contributed by atoms with Gasteiger partial charge in [-0.1, -0.05) is 29.0 Å². The van der Waals surface area contributed by atoms with Crippen LogP contribution in [0, 0.1) is 6.92 Å². The minimum absolute atomic E-state index is 0.324. The van der Waals surface area contributed by atoms with Crippen LogP contribution in [0.15, 0.2) is 30.5 Å². The number of methoxy groups -OCH3 is 1. The highest BCUT2D eigenvalue weighted by atomic mass is 32.1. The minimum Gasteiger partial charge on any atom is -0.481 e. The Morgan fingerprint density at radius 3 is 2.59 bits per heavy atom. The minimum atomic E-state index is -0.687. The zero-order valence-electron chi connectivity index (χ0n) is 12.5. The molecule has 2 rings (SSSR count). The molecule has 1 heterocycles. The Balaban J connectivity index is 1.94. The van der Waals surface area contributed by atoms with E-state index < -0.39 is 12.1 Å². The number of aromatic nitrogens is 1. The van der Waals surface area contributed by atoms with Crippen molar-refractivity contribution in [1.29, 1.82) is 0 Å². The van der Waals surface area contributed by atoms with Crippen LogP contribution < -0.4 is 10.1 Å². The molecule has 0 spiro atoms. The molecule has 2 aromatic rings. The number of nitrogens with one attached hydrogen (secondary N) is 1. The molecule has 7 heteroatoms. The number of hydrogen-bond donors (Lipinski definition) is 1. The van der Waals surface area contributed by atoms with Crippen LogP contribution in [0.4, 0.5) is 5.13 Å². The molecule has 1 atom stereocenters. The Morgan fingerprint density at radius 2 is 1.95 bits per heavy atom. The summed E-state index contributed by atoms with van der Waals surface area (Å²) < 4.78 is 10.1. The van der Waals surface area contributed by atoms with E-state index in [4.69, 9.17) is 4.74 Å². The summed E-state index contributed by atoms with van der Waals surface area (Å²) in [6.07, 6.45) is 0.672. The van der Waals surface area contributed by atoms with Gasteiger partial charge in [0, 0.05) is 0 Å². The Hall–Kier alpha value is -2.41. The van der Waals surface area contributed by atoms with Gasteiger partial charge >= 0.3 is 5.97 Å². The summed E-state index contributed by atoms with van der Waals surface area (Å²) in [6, 6.07) is 7.42. The maximum atomic E-state index is 12.0. The van der Waals surface area contributed by atoms with Crippen molar-refractivity contribution in [3.8, 4) is 5.75 Å². The number of hydrogen-bond acceptors (Lipinski definition) is 6. The SMILES string of the molecule is COC(=O)c1cnc(NC(=O)[C@H](C)Oc2ccc(C)cc2)s1. The number of anilines is 1. The van der Waals surface area contributed by atoms with E-state index in [0.717, 1.165) is 16.9 Å². The highest BCUT2D eigenvalue weighted by Gasteiger charge is 2.18. The van der Waals surface area contributed by atoms with Gasteiger partial charge in [0.15, 0.2) is 11.2 Å². The first-order valence-electron chi connectivity index (χ1n) is 6.58. The van der Waals surface area contributed by atoms with Crippen LogP contribution in [0.2, 0.25) is 0 Å². The third-order valence-corrected chi connectivity index (χ3v) is 3.72. The number of ether oxygens (including phenoxy) is 2. The Labute approximate surface area is 132 Å². The summed E-state index contributed by atoms with van der Waals surface area (Å²) in [6.45, 7) is 3.62. The quantitative estimate of drug-likeness (QED) is 0.857. The van der Waals surface area contributed by atoms with Crippen LogP contribution in [0.1, 0.15) is 22.2 Å².